The average Bonchev–Trinajstić information content (AvgIpc) is 3.06. The first-order valence-corrected chi connectivity index (χ1v) is 10.5. The Morgan fingerprint density at radius 3 is 2.12 bits per heavy atom. The predicted molar refractivity (Wildman–Crippen MR) is 124 cm³/mol. The number of ether oxygens (including phenoxy) is 1. The van der Waals surface area contributed by atoms with Gasteiger partial charge in [-0.05, 0) is 37.1 Å². The van der Waals surface area contributed by atoms with Gasteiger partial charge in [0.05, 0.1) is 22.6 Å². The molecule has 1 amide bonds. The van der Waals surface area contributed by atoms with E-state index in [1.54, 1.807) is 18.7 Å². The number of benzene rings is 3. The minimum Gasteiger partial charge on any atom is -0.441 e. The number of rotatable bonds is 5. The molecule has 0 aliphatic heterocycles. The number of nitrogens with one attached hydrogen (secondary N) is 1. The summed E-state index contributed by atoms with van der Waals surface area (Å²) in [7, 11) is 1.78. The molecule has 0 saturated heterocycles. The monoisotopic (exact) mass is 447 g/mol. The third-order valence-electron chi connectivity index (χ3n) is 5.40. The van der Waals surface area contributed by atoms with Crippen LogP contribution in [0.2, 0.25) is 0 Å². The first-order valence-electron chi connectivity index (χ1n) is 10.5. The second-order valence-corrected chi connectivity index (χ2v) is 7.68. The van der Waals surface area contributed by atoms with E-state index >= 15 is 0 Å². The van der Waals surface area contributed by atoms with E-state index in [9.17, 15) is 13.6 Å². The third kappa shape index (κ3) is 4.62. The average molecular weight is 447 g/mol. The normalized spacial score (nSPS) is 11.8. The molecule has 0 spiro atoms. The van der Waals surface area contributed by atoms with Gasteiger partial charge in [0, 0.05) is 12.6 Å². The highest BCUT2D eigenvalue weighted by Gasteiger charge is 2.22. The lowest BCUT2D eigenvalue weighted by Gasteiger charge is -2.16. The third-order valence-corrected chi connectivity index (χ3v) is 5.40. The maximum absolute atomic E-state index is 14.0. The van der Waals surface area contributed by atoms with Crippen molar-refractivity contribution in [3.63, 3.8) is 0 Å². The Labute approximate surface area is 190 Å². The number of aryl methyl sites for hydroxylation is 2. The van der Waals surface area contributed by atoms with Crippen LogP contribution >= 0.6 is 0 Å². The molecule has 0 radical (unpaired) electrons. The quantitative estimate of drug-likeness (QED) is 0.373. The zero-order valence-electron chi connectivity index (χ0n) is 18.5. The number of nitrogens with zero attached hydrogens (tertiary/aromatic N) is 2. The van der Waals surface area contributed by atoms with Crippen LogP contribution in [0.15, 0.2) is 72.8 Å². The molecule has 33 heavy (non-hydrogen) atoms. The van der Waals surface area contributed by atoms with E-state index in [1.807, 2.05) is 54.6 Å². The van der Waals surface area contributed by atoms with Crippen molar-refractivity contribution in [1.82, 2.24) is 9.78 Å². The van der Waals surface area contributed by atoms with Gasteiger partial charge in [0.25, 0.3) is 0 Å². The Bertz CT molecular complexity index is 1260. The van der Waals surface area contributed by atoms with Crippen molar-refractivity contribution in [3.8, 4) is 22.4 Å². The van der Waals surface area contributed by atoms with Gasteiger partial charge in [-0.3, -0.25) is 10.00 Å². The molecule has 4 aromatic rings. The van der Waals surface area contributed by atoms with Crippen LogP contribution < -0.4 is 5.32 Å². The van der Waals surface area contributed by atoms with E-state index < -0.39 is 23.8 Å². The summed E-state index contributed by atoms with van der Waals surface area (Å²) in [5.74, 6) is -1.54. The van der Waals surface area contributed by atoms with Gasteiger partial charge in [0.1, 0.15) is 17.7 Å². The lowest BCUT2D eigenvalue weighted by Crippen LogP contribution is -2.18. The summed E-state index contributed by atoms with van der Waals surface area (Å²) in [6, 6.07) is 21.4. The number of hydrogen-bond acceptors (Lipinski definition) is 3. The highest BCUT2D eigenvalue weighted by molar-refractivity contribution is 5.92. The number of aromatic nitrogens is 2. The standard InChI is InChI=1S/C26H23F2N3O2/c1-16-24(29-26(32)33-17(2)23-21(27)10-7-11-22(23)28)25(31(3)30-16)20-14-12-19(13-15-20)18-8-5-4-6-9-18/h4-15,17H,1-3H3,(H,29,32). The van der Waals surface area contributed by atoms with Crippen molar-refractivity contribution in [3.05, 3.63) is 95.7 Å². The van der Waals surface area contributed by atoms with Crippen LogP contribution in [0.25, 0.3) is 22.4 Å². The largest absolute Gasteiger partial charge is 0.441 e. The first-order chi connectivity index (χ1) is 15.8. The Kier molecular flexibility index (Phi) is 6.22. The summed E-state index contributed by atoms with van der Waals surface area (Å²) in [5.41, 5.74) is 4.45. The molecule has 4 rings (SSSR count). The van der Waals surface area contributed by atoms with Crippen molar-refractivity contribution in [2.24, 2.45) is 7.05 Å². The van der Waals surface area contributed by atoms with Crippen LogP contribution in [0.5, 0.6) is 0 Å². The molecule has 7 heteroatoms. The summed E-state index contributed by atoms with van der Waals surface area (Å²) < 4.78 is 35.0. The van der Waals surface area contributed by atoms with Crippen molar-refractivity contribution in [1.29, 1.82) is 0 Å². The molecule has 0 bridgehead atoms. The van der Waals surface area contributed by atoms with Gasteiger partial charge in [0.2, 0.25) is 0 Å². The summed E-state index contributed by atoms with van der Waals surface area (Å²) in [6.07, 6.45) is -1.94. The Hall–Kier alpha value is -4.00. The van der Waals surface area contributed by atoms with Crippen LogP contribution in [-0.4, -0.2) is 15.9 Å². The number of carbonyl (C=O) groups excluding carboxylic acids is 1. The molecule has 0 saturated carbocycles. The van der Waals surface area contributed by atoms with E-state index in [1.165, 1.54) is 13.0 Å². The van der Waals surface area contributed by atoms with E-state index in [0.717, 1.165) is 28.8 Å². The predicted octanol–water partition coefficient (Wildman–Crippen LogP) is 6.65. The van der Waals surface area contributed by atoms with Gasteiger partial charge >= 0.3 is 6.09 Å². The summed E-state index contributed by atoms with van der Waals surface area (Å²) >= 11 is 0. The van der Waals surface area contributed by atoms with Crippen LogP contribution in [0.4, 0.5) is 19.3 Å². The molecular formula is C26H23F2N3O2. The Morgan fingerprint density at radius 1 is 0.909 bits per heavy atom. The fourth-order valence-corrected chi connectivity index (χ4v) is 3.84. The highest BCUT2D eigenvalue weighted by Crippen LogP contribution is 2.33. The number of hydrogen-bond donors (Lipinski definition) is 1. The molecular weight excluding hydrogens is 424 g/mol. The molecule has 1 heterocycles. The van der Waals surface area contributed by atoms with Gasteiger partial charge in [-0.15, -0.1) is 0 Å². The van der Waals surface area contributed by atoms with Crippen molar-refractivity contribution in [2.75, 3.05) is 5.32 Å². The minimum atomic E-state index is -1.11. The topological polar surface area (TPSA) is 56.2 Å². The lowest BCUT2D eigenvalue weighted by atomic mass is 10.0. The second kappa shape index (κ2) is 9.24. The van der Waals surface area contributed by atoms with Gasteiger partial charge in [-0.1, -0.05) is 60.7 Å². The van der Waals surface area contributed by atoms with Gasteiger partial charge in [0.15, 0.2) is 0 Å². The molecule has 5 nitrogen and oxygen atoms in total. The number of amides is 1. The maximum Gasteiger partial charge on any atom is 0.412 e. The molecule has 0 fully saturated rings. The molecule has 3 aromatic carbocycles. The Balaban J connectivity index is 1.57. The van der Waals surface area contributed by atoms with Crippen LogP contribution in [-0.2, 0) is 11.8 Å². The molecule has 0 aliphatic carbocycles. The minimum absolute atomic E-state index is 0.299. The highest BCUT2D eigenvalue weighted by atomic mass is 19.1. The molecule has 168 valence electrons. The smallest absolute Gasteiger partial charge is 0.412 e. The summed E-state index contributed by atoms with van der Waals surface area (Å²) in [5, 5.41) is 7.11. The van der Waals surface area contributed by atoms with E-state index in [0.29, 0.717) is 17.1 Å². The molecule has 1 unspecified atom stereocenters. The van der Waals surface area contributed by atoms with Gasteiger partial charge in [-0.25, -0.2) is 13.6 Å². The van der Waals surface area contributed by atoms with Crippen molar-refractivity contribution >= 4 is 11.8 Å². The summed E-state index contributed by atoms with van der Waals surface area (Å²) in [4.78, 5) is 12.6. The maximum atomic E-state index is 14.0. The van der Waals surface area contributed by atoms with E-state index in [-0.39, 0.29) is 5.56 Å². The zero-order valence-corrected chi connectivity index (χ0v) is 18.5. The van der Waals surface area contributed by atoms with Crippen LogP contribution in [0.3, 0.4) is 0 Å². The van der Waals surface area contributed by atoms with Crippen LogP contribution in [0.1, 0.15) is 24.3 Å². The molecule has 1 atom stereocenters. The first kappa shape index (κ1) is 22.2. The lowest BCUT2D eigenvalue weighted by molar-refractivity contribution is 0.117. The van der Waals surface area contributed by atoms with Gasteiger partial charge < -0.3 is 4.74 Å². The number of carbonyl (C=O) groups is 1. The molecule has 1 aromatic heterocycles. The second-order valence-electron chi connectivity index (χ2n) is 7.68. The number of halogens is 2. The summed E-state index contributed by atoms with van der Waals surface area (Å²) in [6.45, 7) is 3.18. The van der Waals surface area contributed by atoms with Gasteiger partial charge in [-0.2, -0.15) is 5.10 Å². The van der Waals surface area contributed by atoms with Crippen molar-refractivity contribution < 1.29 is 18.3 Å². The van der Waals surface area contributed by atoms with Crippen molar-refractivity contribution in [2.45, 2.75) is 20.0 Å². The Morgan fingerprint density at radius 2 is 1.48 bits per heavy atom. The number of anilines is 1. The zero-order chi connectivity index (χ0) is 23.5. The van der Waals surface area contributed by atoms with E-state index in [4.69, 9.17) is 4.74 Å². The van der Waals surface area contributed by atoms with Crippen LogP contribution in [0, 0.1) is 18.6 Å². The SMILES string of the molecule is Cc1nn(C)c(-c2ccc(-c3ccccc3)cc2)c1NC(=O)OC(C)c1c(F)cccc1F. The fourth-order valence-electron chi connectivity index (χ4n) is 3.84. The fraction of sp³-hybridized carbons (Fsp3) is 0.154. The van der Waals surface area contributed by atoms with E-state index in [2.05, 4.69) is 10.4 Å². The molecule has 1 N–H and O–H groups in total. The molecule has 0 aliphatic rings.